The van der Waals surface area contributed by atoms with Gasteiger partial charge in [0.25, 0.3) is 0 Å². The number of hydrogen-bond acceptors (Lipinski definition) is 3. The van der Waals surface area contributed by atoms with Gasteiger partial charge < -0.3 is 11.1 Å². The number of nitrogens with two attached hydrogens (primary N) is 1. The van der Waals surface area contributed by atoms with E-state index in [0.717, 1.165) is 18.5 Å². The number of terminal acetylenes is 1. The van der Waals surface area contributed by atoms with Crippen molar-refractivity contribution in [3.63, 3.8) is 0 Å². The molecule has 0 bridgehead atoms. The third-order valence-corrected chi connectivity index (χ3v) is 2.53. The number of nitrogens with zero attached hydrogens (tertiary/aromatic N) is 1. The van der Waals surface area contributed by atoms with Crippen molar-refractivity contribution >= 4 is 5.91 Å². The molecule has 5 heteroatoms. The van der Waals surface area contributed by atoms with E-state index in [-0.39, 0.29) is 12.3 Å². The molecule has 1 atom stereocenters. The molecule has 92 valence electrons. The molecule has 1 aromatic heterocycles. The molecule has 5 nitrogen and oxygen atoms in total. The first-order valence-corrected chi connectivity index (χ1v) is 5.60. The summed E-state index contributed by atoms with van der Waals surface area (Å²) < 4.78 is 0. The fraction of sp³-hybridized carbons (Fsp3) is 0.500. The Morgan fingerprint density at radius 3 is 3.12 bits per heavy atom. The first-order chi connectivity index (χ1) is 8.15. The number of nitrogens with one attached hydrogen (secondary N) is 2. The van der Waals surface area contributed by atoms with Crippen molar-refractivity contribution in [2.24, 2.45) is 5.73 Å². The van der Waals surface area contributed by atoms with Gasteiger partial charge in [-0.05, 0) is 25.3 Å². The predicted molar refractivity (Wildman–Crippen MR) is 66.1 cm³/mol. The summed E-state index contributed by atoms with van der Waals surface area (Å²) in [5, 5.41) is 9.57. The van der Waals surface area contributed by atoms with Gasteiger partial charge in [-0.25, -0.2) is 0 Å². The highest BCUT2D eigenvalue weighted by molar-refractivity contribution is 5.81. The van der Waals surface area contributed by atoms with E-state index in [4.69, 9.17) is 12.2 Å². The van der Waals surface area contributed by atoms with Crippen LogP contribution in [-0.2, 0) is 11.2 Å². The van der Waals surface area contributed by atoms with Gasteiger partial charge in [0.1, 0.15) is 0 Å². The van der Waals surface area contributed by atoms with Crippen LogP contribution in [0, 0.1) is 19.3 Å². The summed E-state index contributed by atoms with van der Waals surface area (Å²) in [5.41, 5.74) is 7.80. The molecule has 1 heterocycles. The van der Waals surface area contributed by atoms with E-state index in [1.165, 1.54) is 5.56 Å². The number of aryl methyl sites for hydroxylation is 2. The molecule has 0 aliphatic rings. The monoisotopic (exact) mass is 234 g/mol. The quantitative estimate of drug-likeness (QED) is 0.483. The first-order valence-electron chi connectivity index (χ1n) is 5.60. The molecule has 4 N–H and O–H groups in total. The number of amides is 1. The number of carbonyl (C=O) groups excluding carboxylic acids is 1. The van der Waals surface area contributed by atoms with Crippen LogP contribution in [0.25, 0.3) is 0 Å². The van der Waals surface area contributed by atoms with Gasteiger partial charge in [-0.1, -0.05) is 0 Å². The zero-order valence-corrected chi connectivity index (χ0v) is 9.99. The molecule has 0 fully saturated rings. The smallest absolute Gasteiger partial charge is 0.237 e. The molecule has 17 heavy (non-hydrogen) atoms. The maximum absolute atomic E-state index is 11.4. The first kappa shape index (κ1) is 13.3. The minimum atomic E-state index is -0.601. The molecule has 1 rings (SSSR count). The number of carbonyl (C=O) groups is 1. The molecular weight excluding hydrogens is 216 g/mol. The third kappa shape index (κ3) is 4.29. The molecule has 1 amide bonds. The van der Waals surface area contributed by atoms with Crippen molar-refractivity contribution in [2.45, 2.75) is 32.2 Å². The summed E-state index contributed by atoms with van der Waals surface area (Å²) in [7, 11) is 0. The van der Waals surface area contributed by atoms with Crippen LogP contribution in [0.1, 0.15) is 24.1 Å². The highest BCUT2D eigenvalue weighted by Crippen LogP contribution is 2.04. The lowest BCUT2D eigenvalue weighted by Crippen LogP contribution is -2.40. The van der Waals surface area contributed by atoms with Gasteiger partial charge in [0, 0.05) is 18.7 Å². The SMILES string of the molecule is C#CCC(N)C(=O)NCCCc1cn[nH]c1C. The van der Waals surface area contributed by atoms with Crippen molar-refractivity contribution in [2.75, 3.05) is 6.54 Å². The van der Waals surface area contributed by atoms with Crippen molar-refractivity contribution in [1.29, 1.82) is 0 Å². The van der Waals surface area contributed by atoms with Crippen molar-refractivity contribution in [1.82, 2.24) is 15.5 Å². The topological polar surface area (TPSA) is 83.8 Å². The molecule has 0 saturated heterocycles. The Labute approximate surface area is 101 Å². The lowest BCUT2D eigenvalue weighted by atomic mass is 10.1. The maximum atomic E-state index is 11.4. The molecule has 0 saturated carbocycles. The largest absolute Gasteiger partial charge is 0.355 e. The maximum Gasteiger partial charge on any atom is 0.237 e. The minimum Gasteiger partial charge on any atom is -0.355 e. The molecule has 1 aromatic rings. The van der Waals surface area contributed by atoms with Crippen LogP contribution >= 0.6 is 0 Å². The zero-order chi connectivity index (χ0) is 12.7. The van der Waals surface area contributed by atoms with E-state index in [2.05, 4.69) is 21.4 Å². The fourth-order valence-electron chi connectivity index (χ4n) is 1.47. The zero-order valence-electron chi connectivity index (χ0n) is 9.99. The second-order valence-corrected chi connectivity index (χ2v) is 3.93. The van der Waals surface area contributed by atoms with Crippen LogP contribution in [0.2, 0.25) is 0 Å². The van der Waals surface area contributed by atoms with Gasteiger partial charge in [-0.15, -0.1) is 12.3 Å². The Bertz CT molecular complexity index is 405. The Balaban J connectivity index is 2.19. The number of aromatic amines is 1. The normalized spacial score (nSPS) is 11.8. The van der Waals surface area contributed by atoms with E-state index < -0.39 is 6.04 Å². The van der Waals surface area contributed by atoms with Crippen LogP contribution < -0.4 is 11.1 Å². The summed E-state index contributed by atoms with van der Waals surface area (Å²) in [6, 6.07) is -0.601. The van der Waals surface area contributed by atoms with E-state index in [0.29, 0.717) is 6.54 Å². The second kappa shape index (κ2) is 6.71. The number of H-pyrrole nitrogens is 1. The number of aromatic nitrogens is 2. The third-order valence-electron chi connectivity index (χ3n) is 2.53. The van der Waals surface area contributed by atoms with Crippen LogP contribution in [-0.4, -0.2) is 28.7 Å². The van der Waals surface area contributed by atoms with E-state index in [1.807, 2.05) is 6.92 Å². The van der Waals surface area contributed by atoms with Gasteiger partial charge in [0.2, 0.25) is 5.91 Å². The van der Waals surface area contributed by atoms with E-state index in [9.17, 15) is 4.79 Å². The Kier molecular flexibility index (Phi) is 5.24. The van der Waals surface area contributed by atoms with Crippen molar-refractivity contribution in [3.8, 4) is 12.3 Å². The highest BCUT2D eigenvalue weighted by Gasteiger charge is 2.10. The minimum absolute atomic E-state index is 0.188. The predicted octanol–water partition coefficient (Wildman–Crippen LogP) is 0.118. The van der Waals surface area contributed by atoms with Crippen LogP contribution in [0.5, 0.6) is 0 Å². The van der Waals surface area contributed by atoms with Crippen LogP contribution in [0.3, 0.4) is 0 Å². The molecule has 0 spiro atoms. The molecule has 1 unspecified atom stereocenters. The molecule has 0 aliphatic carbocycles. The summed E-state index contributed by atoms with van der Waals surface area (Å²) in [6.07, 6.45) is 8.90. The van der Waals surface area contributed by atoms with Gasteiger partial charge in [-0.3, -0.25) is 9.89 Å². The summed E-state index contributed by atoms with van der Waals surface area (Å²) in [5.74, 6) is 2.18. The molecular formula is C12H18N4O. The standard InChI is InChI=1S/C12H18N4O/c1-3-5-11(13)12(17)14-7-4-6-10-8-15-16-9(10)2/h1,8,11H,4-7,13H2,2H3,(H,14,17)(H,15,16). The van der Waals surface area contributed by atoms with Crippen LogP contribution in [0.15, 0.2) is 6.20 Å². The van der Waals surface area contributed by atoms with Gasteiger partial charge >= 0.3 is 0 Å². The van der Waals surface area contributed by atoms with Crippen molar-refractivity contribution in [3.05, 3.63) is 17.5 Å². The highest BCUT2D eigenvalue weighted by atomic mass is 16.2. The summed E-state index contributed by atoms with van der Waals surface area (Å²) in [4.78, 5) is 11.4. The number of rotatable bonds is 6. The Hall–Kier alpha value is -1.80. The van der Waals surface area contributed by atoms with Gasteiger partial charge in [-0.2, -0.15) is 5.10 Å². The number of hydrogen-bond donors (Lipinski definition) is 3. The average molecular weight is 234 g/mol. The average Bonchev–Trinajstić information content (AvgIpc) is 2.70. The molecule has 0 radical (unpaired) electrons. The van der Waals surface area contributed by atoms with Gasteiger partial charge in [0.05, 0.1) is 12.2 Å². The summed E-state index contributed by atoms with van der Waals surface area (Å²) >= 11 is 0. The lowest BCUT2D eigenvalue weighted by Gasteiger charge is -2.09. The van der Waals surface area contributed by atoms with E-state index in [1.54, 1.807) is 6.20 Å². The van der Waals surface area contributed by atoms with Crippen molar-refractivity contribution < 1.29 is 4.79 Å². The molecule has 0 aliphatic heterocycles. The van der Waals surface area contributed by atoms with E-state index >= 15 is 0 Å². The lowest BCUT2D eigenvalue weighted by molar-refractivity contribution is -0.122. The molecule has 0 aromatic carbocycles. The summed E-state index contributed by atoms with van der Waals surface area (Å²) in [6.45, 7) is 2.57. The van der Waals surface area contributed by atoms with Crippen LogP contribution in [0.4, 0.5) is 0 Å². The Morgan fingerprint density at radius 1 is 1.76 bits per heavy atom. The Morgan fingerprint density at radius 2 is 2.53 bits per heavy atom. The second-order valence-electron chi connectivity index (χ2n) is 3.93. The fourth-order valence-corrected chi connectivity index (χ4v) is 1.47. The van der Waals surface area contributed by atoms with Gasteiger partial charge in [0.15, 0.2) is 0 Å².